The van der Waals surface area contributed by atoms with E-state index in [0.717, 1.165) is 0 Å². The van der Waals surface area contributed by atoms with Gasteiger partial charge in [-0.15, -0.1) is 0 Å². The fourth-order valence-electron chi connectivity index (χ4n) is 1.02. The highest BCUT2D eigenvalue weighted by atomic mass is 31.1. The number of rotatable bonds is 10. The highest BCUT2D eigenvalue weighted by Crippen LogP contribution is 2.12. The Kier molecular flexibility index (Phi) is 11.4. The predicted molar refractivity (Wildman–Crippen MR) is 78.0 cm³/mol. The molecular formula is C9H16N2O12P2. The van der Waals surface area contributed by atoms with Crippen molar-refractivity contribution in [3.63, 3.8) is 0 Å². The number of allylic oxidation sites excluding steroid dienone is 1. The molecule has 2 atom stereocenters. The van der Waals surface area contributed by atoms with Crippen LogP contribution in [0.15, 0.2) is 12.3 Å². The first-order valence-electron chi connectivity index (χ1n) is 6.14. The summed E-state index contributed by atoms with van der Waals surface area (Å²) in [5, 5.41) is 0. The first-order valence-corrected chi connectivity index (χ1v) is 8.66. The number of carbonyl (C=O) groups is 3. The molecule has 0 heterocycles. The quantitative estimate of drug-likeness (QED) is 0.122. The first kappa shape index (κ1) is 23.1. The molecule has 0 aliphatic heterocycles. The van der Waals surface area contributed by atoms with Crippen LogP contribution in [0.1, 0.15) is 6.92 Å². The summed E-state index contributed by atoms with van der Waals surface area (Å²) in [7, 11) is -6.87. The predicted octanol–water partition coefficient (Wildman–Crippen LogP) is -0.241. The highest BCUT2D eigenvalue weighted by Gasteiger charge is 2.25. The van der Waals surface area contributed by atoms with Crippen LogP contribution in [-0.4, -0.2) is 41.2 Å². The number of hydrogen-bond acceptors (Lipinski definition) is 10. The molecule has 0 radical (unpaired) electrons. The van der Waals surface area contributed by atoms with E-state index in [4.69, 9.17) is 9.79 Å². The lowest BCUT2D eigenvalue weighted by Gasteiger charge is -2.16. The smallest absolute Gasteiger partial charge is 0.431 e. The molecule has 0 bridgehead atoms. The van der Waals surface area contributed by atoms with Crippen LogP contribution in [0.3, 0.4) is 0 Å². The van der Waals surface area contributed by atoms with E-state index >= 15 is 0 Å². The Morgan fingerprint density at radius 2 is 1.40 bits per heavy atom. The van der Waals surface area contributed by atoms with Gasteiger partial charge in [0.25, 0.3) is 0 Å². The minimum absolute atomic E-state index is 0.00771. The second kappa shape index (κ2) is 12.4. The van der Waals surface area contributed by atoms with Crippen LogP contribution in [0.25, 0.3) is 0 Å². The van der Waals surface area contributed by atoms with Crippen molar-refractivity contribution in [2.45, 2.75) is 6.92 Å². The molecular weight excluding hydrogens is 390 g/mol. The summed E-state index contributed by atoms with van der Waals surface area (Å²) >= 11 is 0. The van der Waals surface area contributed by atoms with Crippen molar-refractivity contribution in [2.75, 3.05) is 13.2 Å². The van der Waals surface area contributed by atoms with Gasteiger partial charge in [-0.1, -0.05) is 6.58 Å². The molecule has 2 unspecified atom stereocenters. The number of ether oxygens (including phenoxy) is 3. The van der Waals surface area contributed by atoms with Crippen molar-refractivity contribution in [1.82, 2.24) is 11.0 Å². The van der Waals surface area contributed by atoms with E-state index in [1.54, 1.807) is 0 Å². The molecule has 0 rings (SSSR count). The third-order valence-corrected chi connectivity index (χ3v) is 2.44. The van der Waals surface area contributed by atoms with Crippen LogP contribution in [-0.2, 0) is 37.4 Å². The third-order valence-electron chi connectivity index (χ3n) is 1.88. The Balaban J connectivity index is 4.55. The first-order chi connectivity index (χ1) is 11.6. The van der Waals surface area contributed by atoms with E-state index in [-0.39, 0.29) is 5.76 Å². The lowest BCUT2D eigenvalue weighted by Crippen LogP contribution is -2.33. The summed E-state index contributed by atoms with van der Waals surface area (Å²) in [5.41, 5.74) is 2.93. The van der Waals surface area contributed by atoms with E-state index < -0.39 is 53.8 Å². The molecule has 0 fully saturated rings. The average molecular weight is 406 g/mol. The van der Waals surface area contributed by atoms with Gasteiger partial charge in [-0.2, -0.15) is 20.2 Å². The van der Waals surface area contributed by atoms with Crippen molar-refractivity contribution in [3.8, 4) is 0 Å². The van der Waals surface area contributed by atoms with Gasteiger partial charge >= 0.3 is 34.7 Å². The second-order valence-corrected chi connectivity index (χ2v) is 5.43. The topological polar surface area (TPSA) is 196 Å². The molecule has 0 aromatic rings. The maximum Gasteiger partial charge on any atom is 0.431 e. The standard InChI is InChI=1S/C9H16N2O12P2/c1-5(2)21-7(12)6(3-19-8(13)10-22-24(15)16)4-20-9(14)11-23-25(17)18/h6,24-25H,1,3-4H2,2H3,(H,10,13)(H,11,14)(H,15,16)(H,17,18). The lowest BCUT2D eigenvalue weighted by molar-refractivity contribution is -0.147. The van der Waals surface area contributed by atoms with Gasteiger partial charge in [0.2, 0.25) is 0 Å². The van der Waals surface area contributed by atoms with E-state index in [9.17, 15) is 23.5 Å². The van der Waals surface area contributed by atoms with E-state index in [1.807, 2.05) is 0 Å². The summed E-state index contributed by atoms with van der Waals surface area (Å²) < 4.78 is 42.0. The van der Waals surface area contributed by atoms with Crippen LogP contribution in [0, 0.1) is 5.92 Å². The zero-order valence-corrected chi connectivity index (χ0v) is 14.7. The highest BCUT2D eigenvalue weighted by molar-refractivity contribution is 7.32. The van der Waals surface area contributed by atoms with Crippen molar-refractivity contribution in [1.29, 1.82) is 0 Å². The summed E-state index contributed by atoms with van der Waals surface area (Å²) in [6.45, 7) is 3.34. The monoisotopic (exact) mass is 406 g/mol. The van der Waals surface area contributed by atoms with Gasteiger partial charge in [0.1, 0.15) is 19.1 Å². The zero-order valence-electron chi connectivity index (χ0n) is 12.7. The normalized spacial score (nSPS) is 13.7. The molecule has 4 N–H and O–H groups in total. The number of esters is 1. The van der Waals surface area contributed by atoms with Crippen LogP contribution >= 0.6 is 16.5 Å². The molecule has 0 spiro atoms. The minimum atomic E-state index is -3.43. The fourth-order valence-corrected chi connectivity index (χ4v) is 1.36. The number of hydrogen-bond donors (Lipinski definition) is 4. The summed E-state index contributed by atoms with van der Waals surface area (Å²) in [5.74, 6) is -2.28. The van der Waals surface area contributed by atoms with Crippen LogP contribution in [0.4, 0.5) is 9.59 Å². The molecule has 2 amide bonds. The van der Waals surface area contributed by atoms with Gasteiger partial charge in [0.15, 0.2) is 0 Å². The molecule has 144 valence electrons. The number of carbonyl (C=O) groups excluding carboxylic acids is 3. The van der Waals surface area contributed by atoms with E-state index in [2.05, 4.69) is 30.0 Å². The molecule has 0 aliphatic rings. The molecule has 14 nitrogen and oxygen atoms in total. The molecule has 0 aliphatic carbocycles. The van der Waals surface area contributed by atoms with Crippen LogP contribution < -0.4 is 11.0 Å². The Morgan fingerprint density at radius 1 is 1.00 bits per heavy atom. The lowest BCUT2D eigenvalue weighted by atomic mass is 10.2. The Hall–Kier alpha value is -1.95. The van der Waals surface area contributed by atoms with Gasteiger partial charge in [-0.25, -0.2) is 9.59 Å². The largest absolute Gasteiger partial charge is 0.447 e. The molecule has 0 aromatic heterocycles. The number of hydroxylamine groups is 2. The summed E-state index contributed by atoms with van der Waals surface area (Å²) in [6, 6.07) is 0. The molecule has 0 aromatic carbocycles. The second-order valence-electron chi connectivity index (χ2n) is 3.96. The SMILES string of the molecule is C=C(C)OC(=O)C(COC(=O)NO[PH](=O)O)COC(=O)NO[PH](=O)O. The van der Waals surface area contributed by atoms with Gasteiger partial charge in [-0.3, -0.25) is 13.9 Å². The molecule has 0 saturated carbocycles. The molecule has 25 heavy (non-hydrogen) atoms. The summed E-state index contributed by atoms with van der Waals surface area (Å²) in [4.78, 5) is 50.8. The zero-order chi connectivity index (χ0) is 19.4. The fraction of sp³-hybridized carbons (Fsp3) is 0.444. The van der Waals surface area contributed by atoms with Gasteiger partial charge in [-0.05, 0) is 6.92 Å². The maximum atomic E-state index is 11.8. The van der Waals surface area contributed by atoms with E-state index in [0.29, 0.717) is 0 Å². The van der Waals surface area contributed by atoms with Crippen molar-refractivity contribution in [3.05, 3.63) is 12.3 Å². The van der Waals surface area contributed by atoms with Gasteiger partial charge in [0.05, 0.1) is 5.76 Å². The number of nitrogens with one attached hydrogen (secondary N) is 2. The van der Waals surface area contributed by atoms with Gasteiger partial charge < -0.3 is 24.0 Å². The van der Waals surface area contributed by atoms with E-state index in [1.165, 1.54) is 17.9 Å². The number of amides is 2. The molecule has 0 saturated heterocycles. The minimum Gasteiger partial charge on any atom is -0.447 e. The van der Waals surface area contributed by atoms with Crippen LogP contribution in [0.2, 0.25) is 0 Å². The Morgan fingerprint density at radius 3 is 1.72 bits per heavy atom. The Labute approximate surface area is 141 Å². The van der Waals surface area contributed by atoms with Crippen molar-refractivity contribution >= 4 is 34.7 Å². The Bertz CT molecular complexity index is 519. The summed E-state index contributed by atoms with van der Waals surface area (Å²) in [6.07, 6.45) is -2.60. The van der Waals surface area contributed by atoms with Crippen molar-refractivity contribution in [2.24, 2.45) is 5.92 Å². The van der Waals surface area contributed by atoms with Crippen LogP contribution in [0.5, 0.6) is 0 Å². The average Bonchev–Trinajstić information content (AvgIpc) is 2.49. The molecule has 16 heteroatoms. The van der Waals surface area contributed by atoms with Gasteiger partial charge in [0, 0.05) is 0 Å². The van der Waals surface area contributed by atoms with Crippen molar-refractivity contribution < 1.29 is 56.8 Å². The maximum absolute atomic E-state index is 11.8. The third kappa shape index (κ3) is 13.1.